The van der Waals surface area contributed by atoms with Crippen LogP contribution in [0.1, 0.15) is 23.0 Å². The summed E-state index contributed by atoms with van der Waals surface area (Å²) in [5, 5.41) is 0. The zero-order chi connectivity index (χ0) is 19.9. The number of ketones is 1. The number of carbonyl (C=O) groups excluding carboxylic acids is 2. The van der Waals surface area contributed by atoms with E-state index >= 15 is 0 Å². The molecule has 1 aliphatic heterocycles. The van der Waals surface area contributed by atoms with Gasteiger partial charge in [-0.2, -0.15) is 21.6 Å². The second-order valence-electron chi connectivity index (χ2n) is 5.50. The van der Waals surface area contributed by atoms with E-state index < -0.39 is 44.7 Å². The molecule has 0 fully saturated rings. The Labute approximate surface area is 147 Å². The van der Waals surface area contributed by atoms with Gasteiger partial charge in [-0.15, -0.1) is 0 Å². The van der Waals surface area contributed by atoms with Gasteiger partial charge in [0.1, 0.15) is 11.5 Å². The first-order chi connectivity index (χ1) is 11.9. The lowest BCUT2D eigenvalue weighted by Crippen LogP contribution is -2.42. The van der Waals surface area contributed by atoms with Gasteiger partial charge in [-0.25, -0.2) is 4.98 Å². The maximum Gasteiger partial charge on any atom is 0.534 e. The Bertz CT molecular complexity index is 853. The van der Waals surface area contributed by atoms with Crippen molar-refractivity contribution in [1.82, 2.24) is 4.98 Å². The molecule has 0 amide bonds. The molecular formula is C14H15F3N2O6S. The molecule has 12 heteroatoms. The predicted octanol–water partition coefficient (Wildman–Crippen LogP) is 1.43. The number of anilines is 1. The molecule has 2 heterocycles. The first kappa shape index (κ1) is 19.9. The number of carbonyl (C=O) groups is 2. The Balaban J connectivity index is 2.58. The number of Topliss-reactive ketones (excluding diaryl/α,β-unsaturated/α-hetero) is 1. The van der Waals surface area contributed by atoms with Crippen LogP contribution in [0.4, 0.5) is 18.9 Å². The molecule has 0 saturated carbocycles. The van der Waals surface area contributed by atoms with Crippen molar-refractivity contribution in [1.29, 1.82) is 0 Å². The van der Waals surface area contributed by atoms with Crippen molar-refractivity contribution in [3.05, 3.63) is 17.3 Å². The van der Waals surface area contributed by atoms with Crippen molar-refractivity contribution >= 4 is 27.6 Å². The highest BCUT2D eigenvalue weighted by molar-refractivity contribution is 7.88. The molecule has 26 heavy (non-hydrogen) atoms. The zero-order valence-electron chi connectivity index (χ0n) is 14.0. The van der Waals surface area contributed by atoms with Crippen LogP contribution in [0.3, 0.4) is 0 Å². The standard InChI is InChI=1S/C14H15F3N2O6S/c1-4-24-13(21)8-6-19(3)9-5-7(2)18-12(10(9)11(8)20)25-26(22,23)14(15,16)17/h5,8H,4,6H2,1-3H3. The van der Waals surface area contributed by atoms with Gasteiger partial charge in [0.2, 0.25) is 5.88 Å². The Morgan fingerprint density at radius 2 is 2.04 bits per heavy atom. The van der Waals surface area contributed by atoms with E-state index in [1.165, 1.54) is 31.9 Å². The van der Waals surface area contributed by atoms with Gasteiger partial charge in [-0.3, -0.25) is 9.59 Å². The highest BCUT2D eigenvalue weighted by Gasteiger charge is 2.50. The predicted molar refractivity (Wildman–Crippen MR) is 82.3 cm³/mol. The normalized spacial score (nSPS) is 17.7. The number of rotatable bonds is 4. The van der Waals surface area contributed by atoms with Crippen LogP contribution in [-0.2, 0) is 19.6 Å². The molecule has 0 N–H and O–H groups in total. The fourth-order valence-corrected chi connectivity index (χ4v) is 2.85. The second-order valence-corrected chi connectivity index (χ2v) is 7.03. The summed E-state index contributed by atoms with van der Waals surface area (Å²) >= 11 is 0. The highest BCUT2D eigenvalue weighted by Crippen LogP contribution is 2.37. The number of aromatic nitrogens is 1. The minimum Gasteiger partial charge on any atom is -0.465 e. The number of nitrogens with zero attached hydrogens (tertiary/aromatic N) is 2. The van der Waals surface area contributed by atoms with Gasteiger partial charge in [0.05, 0.1) is 12.3 Å². The van der Waals surface area contributed by atoms with Gasteiger partial charge in [-0.05, 0) is 19.9 Å². The lowest BCUT2D eigenvalue weighted by atomic mass is 9.91. The van der Waals surface area contributed by atoms with Gasteiger partial charge >= 0.3 is 21.6 Å². The largest absolute Gasteiger partial charge is 0.534 e. The van der Waals surface area contributed by atoms with Crippen molar-refractivity contribution in [3.63, 3.8) is 0 Å². The van der Waals surface area contributed by atoms with Crippen LogP contribution in [0.2, 0.25) is 0 Å². The van der Waals surface area contributed by atoms with Crippen molar-refractivity contribution in [2.24, 2.45) is 5.92 Å². The molecule has 1 unspecified atom stereocenters. The van der Waals surface area contributed by atoms with Gasteiger partial charge in [0, 0.05) is 19.3 Å². The van der Waals surface area contributed by atoms with Crippen LogP contribution in [-0.4, -0.2) is 50.9 Å². The smallest absolute Gasteiger partial charge is 0.465 e. The summed E-state index contributed by atoms with van der Waals surface area (Å²) in [6.45, 7) is 2.83. The average Bonchev–Trinajstić information content (AvgIpc) is 2.49. The molecule has 0 radical (unpaired) electrons. The summed E-state index contributed by atoms with van der Waals surface area (Å²) in [6.07, 6.45) is 0. The maximum atomic E-state index is 12.6. The van der Waals surface area contributed by atoms with E-state index in [0.29, 0.717) is 0 Å². The van der Waals surface area contributed by atoms with Gasteiger partial charge in [-0.1, -0.05) is 0 Å². The lowest BCUT2D eigenvalue weighted by molar-refractivity contribution is -0.145. The number of ether oxygens (including phenoxy) is 1. The molecule has 2 rings (SSSR count). The highest BCUT2D eigenvalue weighted by atomic mass is 32.2. The Morgan fingerprint density at radius 3 is 2.58 bits per heavy atom. The van der Waals surface area contributed by atoms with Crippen LogP contribution >= 0.6 is 0 Å². The molecule has 1 atom stereocenters. The van der Waals surface area contributed by atoms with Crippen LogP contribution in [0.5, 0.6) is 5.88 Å². The quantitative estimate of drug-likeness (QED) is 0.326. The van der Waals surface area contributed by atoms with E-state index in [1.54, 1.807) is 0 Å². The van der Waals surface area contributed by atoms with E-state index in [9.17, 15) is 31.2 Å². The summed E-state index contributed by atoms with van der Waals surface area (Å²) in [6, 6.07) is 1.38. The van der Waals surface area contributed by atoms with Gasteiger partial charge in [0.25, 0.3) is 0 Å². The van der Waals surface area contributed by atoms with Crippen LogP contribution in [0.25, 0.3) is 0 Å². The van der Waals surface area contributed by atoms with E-state index in [4.69, 9.17) is 4.74 Å². The number of fused-ring (bicyclic) bond motifs is 1. The van der Waals surface area contributed by atoms with Crippen molar-refractivity contribution in [2.75, 3.05) is 25.1 Å². The van der Waals surface area contributed by atoms with Crippen molar-refractivity contribution in [3.8, 4) is 5.88 Å². The Morgan fingerprint density at radius 1 is 1.42 bits per heavy atom. The summed E-state index contributed by atoms with van der Waals surface area (Å²) in [4.78, 5) is 29.6. The third kappa shape index (κ3) is 3.59. The number of alkyl halides is 3. The summed E-state index contributed by atoms with van der Waals surface area (Å²) in [5.41, 5.74) is -5.98. The molecule has 8 nitrogen and oxygen atoms in total. The first-order valence-electron chi connectivity index (χ1n) is 7.33. The second kappa shape index (κ2) is 6.74. The van der Waals surface area contributed by atoms with E-state index in [0.717, 1.165) is 0 Å². The number of hydrogen-bond acceptors (Lipinski definition) is 8. The molecule has 0 spiro atoms. The molecule has 144 valence electrons. The molecule has 0 saturated heterocycles. The fourth-order valence-electron chi connectivity index (χ4n) is 2.43. The van der Waals surface area contributed by atoms with Gasteiger partial charge in [0.15, 0.2) is 5.78 Å². The molecule has 0 aromatic carbocycles. The van der Waals surface area contributed by atoms with E-state index in [2.05, 4.69) is 9.17 Å². The van der Waals surface area contributed by atoms with Crippen LogP contribution in [0.15, 0.2) is 6.07 Å². The number of pyridine rings is 1. The van der Waals surface area contributed by atoms with Gasteiger partial charge < -0.3 is 13.8 Å². The third-order valence-corrected chi connectivity index (χ3v) is 4.51. The van der Waals surface area contributed by atoms with Crippen molar-refractivity contribution < 1.29 is 40.1 Å². The summed E-state index contributed by atoms with van der Waals surface area (Å²) in [7, 11) is -4.55. The Kier molecular flexibility index (Phi) is 5.17. The number of aryl methyl sites for hydroxylation is 1. The maximum absolute atomic E-state index is 12.6. The minimum atomic E-state index is -6.04. The molecule has 0 aliphatic carbocycles. The monoisotopic (exact) mass is 396 g/mol. The topological polar surface area (TPSA) is 103 Å². The number of esters is 1. The first-order valence-corrected chi connectivity index (χ1v) is 8.74. The number of halogens is 3. The molecular weight excluding hydrogens is 381 g/mol. The molecule has 0 bridgehead atoms. The molecule has 1 aromatic rings. The number of hydrogen-bond donors (Lipinski definition) is 0. The lowest BCUT2D eigenvalue weighted by Gasteiger charge is -2.31. The molecule has 1 aliphatic rings. The summed E-state index contributed by atoms with van der Waals surface area (Å²) < 4.78 is 69.4. The average molecular weight is 396 g/mol. The van der Waals surface area contributed by atoms with Crippen LogP contribution < -0.4 is 9.08 Å². The minimum absolute atomic E-state index is 0.00283. The zero-order valence-corrected chi connectivity index (χ0v) is 14.8. The SMILES string of the molecule is CCOC(=O)C1CN(C)c2cc(C)nc(OS(=O)(=O)C(F)(F)F)c2C1=O. The van der Waals surface area contributed by atoms with E-state index in [1.807, 2.05) is 0 Å². The fraction of sp³-hybridized carbons (Fsp3) is 0.500. The van der Waals surface area contributed by atoms with Crippen molar-refractivity contribution in [2.45, 2.75) is 19.4 Å². The van der Waals surface area contributed by atoms with Crippen LogP contribution in [0, 0.1) is 12.8 Å². The van der Waals surface area contributed by atoms with E-state index in [-0.39, 0.29) is 24.5 Å². The Hall–Kier alpha value is -2.37. The molecule has 1 aromatic heterocycles. The third-order valence-electron chi connectivity index (χ3n) is 3.57. The summed E-state index contributed by atoms with van der Waals surface area (Å²) in [5.74, 6) is -4.16.